The van der Waals surface area contributed by atoms with Crippen molar-refractivity contribution in [2.24, 2.45) is 5.73 Å². The van der Waals surface area contributed by atoms with Crippen molar-refractivity contribution in [3.63, 3.8) is 0 Å². The summed E-state index contributed by atoms with van der Waals surface area (Å²) in [5, 5.41) is 17.5. The van der Waals surface area contributed by atoms with Gasteiger partial charge in [-0.2, -0.15) is 5.26 Å². The summed E-state index contributed by atoms with van der Waals surface area (Å²) in [4.78, 5) is 0. The molecule has 74 valence electrons. The molecule has 0 bridgehead atoms. The lowest BCUT2D eigenvalue weighted by Gasteiger charge is -2.03. The Labute approximate surface area is 83.9 Å². The smallest absolute Gasteiger partial charge is 0.0992 e. The number of nitrogens with two attached hydrogens (primary N) is 1. The Morgan fingerprint density at radius 3 is 2.57 bits per heavy atom. The molecule has 1 aromatic rings. The topological polar surface area (TPSA) is 85.7 Å². The van der Waals surface area contributed by atoms with Crippen molar-refractivity contribution in [3.05, 3.63) is 29.3 Å². The molecular weight excluding hydrogens is 176 g/mol. The molecule has 14 heavy (non-hydrogen) atoms. The first kappa shape index (κ1) is 12.0. The first-order chi connectivity index (χ1) is 6.69. The molecule has 0 spiro atoms. The maximum absolute atomic E-state index is 8.57. The molecule has 0 unspecified atom stereocenters. The van der Waals surface area contributed by atoms with Crippen LogP contribution in [0.15, 0.2) is 18.2 Å². The minimum Gasteiger partial charge on any atom is -0.390 e. The Morgan fingerprint density at radius 1 is 1.57 bits per heavy atom. The van der Waals surface area contributed by atoms with Crippen molar-refractivity contribution in [3.8, 4) is 6.07 Å². The number of aryl methyl sites for hydroxylation is 1. The van der Waals surface area contributed by atoms with Crippen LogP contribution in [0.2, 0.25) is 0 Å². The molecule has 0 atom stereocenters. The zero-order valence-electron chi connectivity index (χ0n) is 8.33. The Balaban J connectivity index is 0.000000500. The Morgan fingerprint density at radius 2 is 2.14 bits per heavy atom. The number of hydrogen-bond acceptors (Lipinski definition) is 3. The molecular formula is C10H14N4. The van der Waals surface area contributed by atoms with Crippen LogP contribution < -0.4 is 11.1 Å². The molecule has 0 aromatic heterocycles. The average molecular weight is 190 g/mol. The number of nitriles is 1. The number of anilines is 1. The second-order valence-corrected chi connectivity index (χ2v) is 2.56. The van der Waals surface area contributed by atoms with E-state index in [1.165, 1.54) is 0 Å². The van der Waals surface area contributed by atoms with Gasteiger partial charge in [0.25, 0.3) is 0 Å². The van der Waals surface area contributed by atoms with Crippen LogP contribution in [-0.2, 0) is 0 Å². The zero-order valence-corrected chi connectivity index (χ0v) is 8.33. The van der Waals surface area contributed by atoms with Crippen molar-refractivity contribution >= 4 is 12.0 Å². The molecule has 0 fully saturated rings. The van der Waals surface area contributed by atoms with Crippen LogP contribution in [0.25, 0.3) is 0 Å². The molecule has 0 aliphatic rings. The molecule has 0 amide bonds. The van der Waals surface area contributed by atoms with Gasteiger partial charge in [-0.05, 0) is 24.6 Å². The average Bonchev–Trinajstić information content (AvgIpc) is 2.20. The summed E-state index contributed by atoms with van der Waals surface area (Å²) in [5.74, 6) is 0. The quantitative estimate of drug-likeness (QED) is 0.463. The summed E-state index contributed by atoms with van der Waals surface area (Å²) in [5.41, 5.74) is 7.26. The molecule has 4 heteroatoms. The third-order valence-corrected chi connectivity index (χ3v) is 1.64. The van der Waals surface area contributed by atoms with Gasteiger partial charge < -0.3 is 11.1 Å². The molecule has 0 aliphatic heterocycles. The van der Waals surface area contributed by atoms with Crippen LogP contribution in [-0.4, -0.2) is 13.4 Å². The molecule has 0 saturated carbocycles. The summed E-state index contributed by atoms with van der Waals surface area (Å²) in [6, 6.07) is 7.68. The van der Waals surface area contributed by atoms with Gasteiger partial charge in [0.2, 0.25) is 0 Å². The normalized spacial score (nSPS) is 7.79. The van der Waals surface area contributed by atoms with E-state index in [0.717, 1.165) is 17.6 Å². The third kappa shape index (κ3) is 3.59. The second kappa shape index (κ2) is 6.49. The monoisotopic (exact) mass is 190 g/mol. The van der Waals surface area contributed by atoms with Crippen LogP contribution in [0.1, 0.15) is 11.1 Å². The number of nitrogens with one attached hydrogen (secondary N) is 2. The maximum atomic E-state index is 8.57. The highest BCUT2D eigenvalue weighted by Gasteiger charge is 1.95. The third-order valence-electron chi connectivity index (χ3n) is 1.64. The number of benzene rings is 1. The number of hydrogen-bond donors (Lipinski definition) is 3. The minimum absolute atomic E-state index is 0.694. The Bertz CT molecular complexity index is 338. The summed E-state index contributed by atoms with van der Waals surface area (Å²) in [7, 11) is 1.85. The van der Waals surface area contributed by atoms with Gasteiger partial charge in [-0.3, -0.25) is 5.41 Å². The first-order valence-corrected chi connectivity index (χ1v) is 4.08. The van der Waals surface area contributed by atoms with Gasteiger partial charge in [0.15, 0.2) is 0 Å². The van der Waals surface area contributed by atoms with Crippen LogP contribution in [0, 0.1) is 23.7 Å². The van der Waals surface area contributed by atoms with E-state index in [2.05, 4.69) is 17.1 Å². The van der Waals surface area contributed by atoms with Gasteiger partial charge in [-0.15, -0.1) is 0 Å². The molecule has 0 heterocycles. The van der Waals surface area contributed by atoms with E-state index in [4.69, 9.17) is 10.7 Å². The van der Waals surface area contributed by atoms with Crippen molar-refractivity contribution in [2.45, 2.75) is 6.92 Å². The van der Waals surface area contributed by atoms with Crippen molar-refractivity contribution in [2.75, 3.05) is 12.4 Å². The van der Waals surface area contributed by atoms with E-state index in [1.807, 2.05) is 32.2 Å². The lowest BCUT2D eigenvalue weighted by Crippen LogP contribution is -1.91. The van der Waals surface area contributed by atoms with Crippen molar-refractivity contribution < 1.29 is 0 Å². The van der Waals surface area contributed by atoms with Crippen LogP contribution in [0.4, 0.5) is 5.69 Å². The van der Waals surface area contributed by atoms with Gasteiger partial charge in [0, 0.05) is 12.7 Å². The fraction of sp³-hybridized carbons (Fsp3) is 0.200. The molecule has 0 radical (unpaired) electrons. The van der Waals surface area contributed by atoms with E-state index in [9.17, 15) is 0 Å². The van der Waals surface area contributed by atoms with E-state index in [0.29, 0.717) is 5.56 Å². The zero-order chi connectivity index (χ0) is 11.0. The largest absolute Gasteiger partial charge is 0.390 e. The van der Waals surface area contributed by atoms with Gasteiger partial charge in [0.1, 0.15) is 0 Å². The van der Waals surface area contributed by atoms with Gasteiger partial charge in [-0.25, -0.2) is 0 Å². The summed E-state index contributed by atoms with van der Waals surface area (Å²) in [6.45, 7) is 2.01. The summed E-state index contributed by atoms with van der Waals surface area (Å²) in [6.07, 6.45) is 0.750. The first-order valence-electron chi connectivity index (χ1n) is 4.08. The highest BCUT2D eigenvalue weighted by atomic mass is 14.8. The molecule has 4 nitrogen and oxygen atoms in total. The van der Waals surface area contributed by atoms with Gasteiger partial charge in [-0.1, -0.05) is 6.07 Å². The number of nitrogens with zero attached hydrogens (tertiary/aromatic N) is 1. The highest BCUT2D eigenvalue weighted by Crippen LogP contribution is 2.14. The minimum atomic E-state index is 0.694. The van der Waals surface area contributed by atoms with Crippen molar-refractivity contribution in [1.82, 2.24) is 0 Å². The standard InChI is InChI=1S/C9H10N2.CH4N2/c1-7-3-4-8(6-10)5-9(7)11-2;2-1-3/h3-5,11H,1-2H3;1H,(H3,2,3). The van der Waals surface area contributed by atoms with E-state index in [-0.39, 0.29) is 0 Å². The predicted octanol–water partition coefficient (Wildman–Crippen LogP) is 1.46. The van der Waals surface area contributed by atoms with Crippen LogP contribution >= 0.6 is 0 Å². The Kier molecular flexibility index (Phi) is 5.55. The van der Waals surface area contributed by atoms with E-state index < -0.39 is 0 Å². The fourth-order valence-electron chi connectivity index (χ4n) is 0.961. The van der Waals surface area contributed by atoms with Gasteiger partial charge in [0.05, 0.1) is 18.0 Å². The van der Waals surface area contributed by atoms with Crippen molar-refractivity contribution in [1.29, 1.82) is 10.7 Å². The van der Waals surface area contributed by atoms with Gasteiger partial charge >= 0.3 is 0 Å². The molecule has 1 rings (SSSR count). The van der Waals surface area contributed by atoms with Crippen LogP contribution in [0.3, 0.4) is 0 Å². The molecule has 1 aromatic carbocycles. The lowest BCUT2D eigenvalue weighted by atomic mass is 10.1. The highest BCUT2D eigenvalue weighted by molar-refractivity contribution is 5.54. The summed E-state index contributed by atoms with van der Waals surface area (Å²) < 4.78 is 0. The number of rotatable bonds is 1. The SMILES string of the molecule is CNc1cc(C#N)ccc1C.N=CN. The molecule has 0 saturated heterocycles. The lowest BCUT2D eigenvalue weighted by molar-refractivity contribution is 1.38. The molecule has 0 aliphatic carbocycles. The van der Waals surface area contributed by atoms with Crippen LogP contribution in [0.5, 0.6) is 0 Å². The summed E-state index contributed by atoms with van der Waals surface area (Å²) >= 11 is 0. The fourth-order valence-corrected chi connectivity index (χ4v) is 0.961. The molecule has 4 N–H and O–H groups in total. The second-order valence-electron chi connectivity index (χ2n) is 2.56. The maximum Gasteiger partial charge on any atom is 0.0992 e. The Hall–Kier alpha value is -2.02. The van der Waals surface area contributed by atoms with E-state index >= 15 is 0 Å². The van der Waals surface area contributed by atoms with E-state index in [1.54, 1.807) is 0 Å². The predicted molar refractivity (Wildman–Crippen MR) is 58.4 cm³/mol.